The fraction of sp³-hybridized carbons (Fsp3) is 0.294. The van der Waals surface area contributed by atoms with E-state index in [4.69, 9.17) is 20.3 Å². The molecule has 0 radical (unpaired) electrons. The number of hydrogen-bond acceptors (Lipinski definition) is 7. The van der Waals surface area contributed by atoms with Crippen molar-refractivity contribution in [3.63, 3.8) is 0 Å². The molecule has 1 aromatic heterocycles. The van der Waals surface area contributed by atoms with Gasteiger partial charge in [0.25, 0.3) is 0 Å². The van der Waals surface area contributed by atoms with Gasteiger partial charge < -0.3 is 30.7 Å². The molecular formula is C17H21N3O5. The van der Waals surface area contributed by atoms with E-state index in [9.17, 15) is 9.90 Å². The summed E-state index contributed by atoms with van der Waals surface area (Å²) in [7, 11) is 0. The van der Waals surface area contributed by atoms with E-state index in [1.807, 2.05) is 0 Å². The molecule has 0 fully saturated rings. The van der Waals surface area contributed by atoms with Gasteiger partial charge in [-0.2, -0.15) is 0 Å². The second-order valence-corrected chi connectivity index (χ2v) is 5.26. The molecule has 2 rings (SSSR count). The number of ether oxygens (including phenoxy) is 2. The Morgan fingerprint density at radius 3 is 2.60 bits per heavy atom. The lowest BCUT2D eigenvalue weighted by atomic mass is 10.3. The number of aromatic nitrogens is 1. The summed E-state index contributed by atoms with van der Waals surface area (Å²) in [5, 5.41) is 22.0. The molecular weight excluding hydrogens is 326 g/mol. The van der Waals surface area contributed by atoms with Crippen LogP contribution in [0.2, 0.25) is 0 Å². The Hall–Kier alpha value is -2.84. The maximum Gasteiger partial charge on any atom is 0.250 e. The number of phenols is 1. The van der Waals surface area contributed by atoms with E-state index in [2.05, 4.69) is 10.3 Å². The van der Waals surface area contributed by atoms with Crippen molar-refractivity contribution < 1.29 is 24.5 Å². The Bertz CT molecular complexity index is 661. The molecule has 1 amide bonds. The summed E-state index contributed by atoms with van der Waals surface area (Å²) >= 11 is 0. The van der Waals surface area contributed by atoms with E-state index in [0.29, 0.717) is 36.9 Å². The highest BCUT2D eigenvalue weighted by Crippen LogP contribution is 2.15. The molecule has 1 heterocycles. The molecule has 0 aliphatic carbocycles. The predicted octanol–water partition coefficient (Wildman–Crippen LogP) is 0.294. The summed E-state index contributed by atoms with van der Waals surface area (Å²) in [6.07, 6.45) is 0.678. The highest BCUT2D eigenvalue weighted by molar-refractivity contribution is 5.92. The highest BCUT2D eigenvalue weighted by atomic mass is 16.5. The minimum atomic E-state index is -0.679. The minimum Gasteiger partial charge on any atom is -0.508 e. The van der Waals surface area contributed by atoms with Gasteiger partial charge in [-0.05, 0) is 30.3 Å². The number of aliphatic hydroxyl groups is 1. The molecule has 0 saturated heterocycles. The first kappa shape index (κ1) is 18.5. The van der Waals surface area contributed by atoms with Crippen LogP contribution >= 0.6 is 0 Å². The zero-order valence-electron chi connectivity index (χ0n) is 13.6. The first-order valence-corrected chi connectivity index (χ1v) is 7.74. The Labute approximate surface area is 145 Å². The number of carbonyl (C=O) groups excluding carboxylic acids is 1. The van der Waals surface area contributed by atoms with Gasteiger partial charge in [-0.1, -0.05) is 0 Å². The molecule has 8 heteroatoms. The number of nitrogens with two attached hydrogens (primary N) is 1. The number of rotatable bonds is 10. The molecule has 1 aromatic carbocycles. The van der Waals surface area contributed by atoms with Crippen molar-refractivity contribution in [2.45, 2.75) is 6.10 Å². The molecule has 134 valence electrons. The smallest absolute Gasteiger partial charge is 0.250 e. The average molecular weight is 347 g/mol. The molecule has 0 saturated carbocycles. The molecule has 0 aliphatic heterocycles. The molecule has 8 nitrogen and oxygen atoms in total. The number of benzene rings is 1. The normalized spacial score (nSPS) is 11.7. The zero-order valence-corrected chi connectivity index (χ0v) is 13.6. The van der Waals surface area contributed by atoms with Crippen LogP contribution in [0.3, 0.4) is 0 Å². The zero-order chi connectivity index (χ0) is 18.1. The van der Waals surface area contributed by atoms with Crippen LogP contribution in [-0.2, 0) is 0 Å². The summed E-state index contributed by atoms with van der Waals surface area (Å²) in [5.41, 5.74) is 5.45. The molecule has 25 heavy (non-hydrogen) atoms. The topological polar surface area (TPSA) is 127 Å². The van der Waals surface area contributed by atoms with Gasteiger partial charge in [0, 0.05) is 25.4 Å². The number of hydrogen-bond donors (Lipinski definition) is 4. The number of amides is 1. The van der Waals surface area contributed by atoms with E-state index in [-0.39, 0.29) is 12.4 Å². The molecule has 0 aliphatic rings. The SMILES string of the molecule is NC(=O)c1ccc(OCCNCC(O)COc2ccc(O)cc2)nc1. The van der Waals surface area contributed by atoms with Crippen molar-refractivity contribution in [2.75, 3.05) is 26.3 Å². The lowest BCUT2D eigenvalue weighted by Gasteiger charge is -2.13. The largest absolute Gasteiger partial charge is 0.508 e. The van der Waals surface area contributed by atoms with Crippen LogP contribution in [0, 0.1) is 0 Å². The van der Waals surface area contributed by atoms with Crippen LogP contribution in [0.4, 0.5) is 0 Å². The van der Waals surface area contributed by atoms with Gasteiger partial charge in [0.2, 0.25) is 11.8 Å². The van der Waals surface area contributed by atoms with Gasteiger partial charge in [0.05, 0.1) is 5.56 Å². The fourth-order valence-corrected chi connectivity index (χ4v) is 1.90. The first-order chi connectivity index (χ1) is 12.0. The van der Waals surface area contributed by atoms with Crippen molar-refractivity contribution in [3.8, 4) is 17.4 Å². The third-order valence-corrected chi connectivity index (χ3v) is 3.21. The van der Waals surface area contributed by atoms with Gasteiger partial charge >= 0.3 is 0 Å². The lowest BCUT2D eigenvalue weighted by molar-refractivity contribution is 0.1000. The Kier molecular flexibility index (Phi) is 7.00. The van der Waals surface area contributed by atoms with E-state index < -0.39 is 12.0 Å². The van der Waals surface area contributed by atoms with Gasteiger partial charge in [-0.3, -0.25) is 4.79 Å². The molecule has 1 atom stereocenters. The lowest BCUT2D eigenvalue weighted by Crippen LogP contribution is -2.33. The van der Waals surface area contributed by atoms with E-state index in [1.54, 1.807) is 24.3 Å². The van der Waals surface area contributed by atoms with Crippen LogP contribution in [0.1, 0.15) is 10.4 Å². The highest BCUT2D eigenvalue weighted by Gasteiger charge is 2.05. The molecule has 2 aromatic rings. The summed E-state index contributed by atoms with van der Waals surface area (Å²) in [5.74, 6) is 0.589. The van der Waals surface area contributed by atoms with E-state index in [1.165, 1.54) is 18.3 Å². The number of pyridine rings is 1. The summed E-state index contributed by atoms with van der Waals surface area (Å²) in [4.78, 5) is 14.9. The van der Waals surface area contributed by atoms with Crippen molar-refractivity contribution >= 4 is 5.91 Å². The van der Waals surface area contributed by atoms with Crippen molar-refractivity contribution in [3.05, 3.63) is 48.2 Å². The van der Waals surface area contributed by atoms with Crippen LogP contribution < -0.4 is 20.5 Å². The van der Waals surface area contributed by atoms with Crippen LogP contribution in [0.25, 0.3) is 0 Å². The molecule has 0 bridgehead atoms. The average Bonchev–Trinajstić information content (AvgIpc) is 2.61. The Balaban J connectivity index is 1.57. The molecule has 0 spiro atoms. The van der Waals surface area contributed by atoms with Crippen LogP contribution in [0.5, 0.6) is 17.4 Å². The maximum atomic E-state index is 10.9. The molecule has 1 unspecified atom stereocenters. The number of aromatic hydroxyl groups is 1. The standard InChI is InChI=1S/C17H21N3O5/c18-17(23)12-1-6-16(20-9-12)24-8-7-19-10-14(22)11-25-15-4-2-13(21)3-5-15/h1-6,9,14,19,21-22H,7-8,10-11H2,(H2,18,23). The van der Waals surface area contributed by atoms with E-state index >= 15 is 0 Å². The maximum absolute atomic E-state index is 10.9. The van der Waals surface area contributed by atoms with Crippen LogP contribution in [0.15, 0.2) is 42.6 Å². The summed E-state index contributed by atoms with van der Waals surface area (Å²) in [6, 6.07) is 9.39. The summed E-state index contributed by atoms with van der Waals surface area (Å²) < 4.78 is 10.8. The van der Waals surface area contributed by atoms with Crippen molar-refractivity contribution in [1.82, 2.24) is 10.3 Å². The Morgan fingerprint density at radius 2 is 1.96 bits per heavy atom. The molecule has 5 N–H and O–H groups in total. The van der Waals surface area contributed by atoms with Gasteiger partial charge in [0.15, 0.2) is 0 Å². The number of carbonyl (C=O) groups is 1. The number of nitrogens with one attached hydrogen (secondary N) is 1. The second kappa shape index (κ2) is 9.45. The minimum absolute atomic E-state index is 0.134. The van der Waals surface area contributed by atoms with Gasteiger partial charge in [-0.25, -0.2) is 4.98 Å². The number of primary amides is 1. The number of aliphatic hydroxyl groups excluding tert-OH is 1. The van der Waals surface area contributed by atoms with E-state index in [0.717, 1.165) is 0 Å². The Morgan fingerprint density at radius 1 is 1.20 bits per heavy atom. The monoisotopic (exact) mass is 347 g/mol. The quantitative estimate of drug-likeness (QED) is 0.455. The van der Waals surface area contributed by atoms with Crippen molar-refractivity contribution in [1.29, 1.82) is 0 Å². The van der Waals surface area contributed by atoms with Gasteiger partial charge in [0.1, 0.15) is 30.8 Å². The predicted molar refractivity (Wildman–Crippen MR) is 90.7 cm³/mol. The van der Waals surface area contributed by atoms with Crippen LogP contribution in [-0.4, -0.2) is 53.5 Å². The number of phenolic OH excluding ortho intramolecular Hbond substituents is 1. The third kappa shape index (κ3) is 6.66. The second-order valence-electron chi connectivity index (χ2n) is 5.26. The van der Waals surface area contributed by atoms with Gasteiger partial charge in [-0.15, -0.1) is 0 Å². The third-order valence-electron chi connectivity index (χ3n) is 3.21. The first-order valence-electron chi connectivity index (χ1n) is 7.74. The fourth-order valence-electron chi connectivity index (χ4n) is 1.90. The number of nitrogens with zero attached hydrogens (tertiary/aromatic N) is 1. The summed E-state index contributed by atoms with van der Waals surface area (Å²) in [6.45, 7) is 1.34. The van der Waals surface area contributed by atoms with Crippen molar-refractivity contribution in [2.24, 2.45) is 5.73 Å².